The number of pyridine rings is 1. The smallest absolute Gasteiger partial charge is 0.340 e. The van der Waals surface area contributed by atoms with Crippen LogP contribution < -0.4 is 0 Å². The standard InChI is InChI=1S/C39H43NO17/c1-19(41)51-18-38-29(53-20(2)42)26(44)25-28(45)39(38)37(6,50)30(27(31(38)54-21(3)43)55-32(46)22-11-8-7-9-12-22)56-34(48)35(4,49)15-14-24-23(13-10-16-40-24)33(47)52-17-36(25,5)57-39/h7-13,16,25,27-31,45,49-50H,14-15,17-18H2,1-6H3/t25-,27-,28+,29+,30+,31+,35-,36+,37-,38+,39+/m1/s1. The molecule has 4 aliphatic rings. The van der Waals surface area contributed by atoms with E-state index in [1.807, 2.05) is 0 Å². The molecule has 1 saturated heterocycles. The van der Waals surface area contributed by atoms with Gasteiger partial charge in [0.2, 0.25) is 0 Å². The van der Waals surface area contributed by atoms with Crippen molar-refractivity contribution >= 4 is 41.6 Å². The fourth-order valence-electron chi connectivity index (χ4n) is 8.89. The van der Waals surface area contributed by atoms with Gasteiger partial charge in [-0.25, -0.2) is 14.4 Å². The molecule has 18 nitrogen and oxygen atoms in total. The molecular weight excluding hydrogens is 754 g/mol. The summed E-state index contributed by atoms with van der Waals surface area (Å²) in [4.78, 5) is 99.7. The average Bonchev–Trinajstić information content (AvgIpc) is 3.35. The largest absolute Gasteiger partial charge is 0.465 e. The van der Waals surface area contributed by atoms with Crippen LogP contribution in [0.5, 0.6) is 0 Å². The number of carbonyl (C=O) groups excluding carboxylic acids is 7. The number of rotatable bonds is 6. The molecule has 3 heterocycles. The Balaban J connectivity index is 1.70. The van der Waals surface area contributed by atoms with Gasteiger partial charge in [-0.1, -0.05) is 18.2 Å². The topological polar surface area (TPSA) is 258 Å². The number of aliphatic hydroxyl groups is 3. The van der Waals surface area contributed by atoms with Crippen LogP contribution in [0.15, 0.2) is 48.7 Å². The number of cyclic esters (lactones) is 1. The first-order chi connectivity index (χ1) is 26.6. The van der Waals surface area contributed by atoms with E-state index >= 15 is 0 Å². The van der Waals surface area contributed by atoms with E-state index in [-0.39, 0.29) is 23.2 Å². The third kappa shape index (κ3) is 6.53. The van der Waals surface area contributed by atoms with E-state index in [1.165, 1.54) is 49.5 Å². The monoisotopic (exact) mass is 797 g/mol. The number of Topliss-reactive ketones (excluding diaryl/α,β-unsaturated/α-hetero) is 1. The quantitative estimate of drug-likeness (QED) is 0.263. The second-order valence-electron chi connectivity index (χ2n) is 15.4. The summed E-state index contributed by atoms with van der Waals surface area (Å²) in [5.41, 5.74) is -13.2. The number of ether oxygens (including phenoxy) is 7. The lowest BCUT2D eigenvalue weighted by Crippen LogP contribution is -2.88. The van der Waals surface area contributed by atoms with Gasteiger partial charge in [-0.15, -0.1) is 0 Å². The predicted molar refractivity (Wildman–Crippen MR) is 187 cm³/mol. The molecule has 11 atom stereocenters. The van der Waals surface area contributed by atoms with Crippen molar-refractivity contribution in [2.75, 3.05) is 13.2 Å². The summed E-state index contributed by atoms with van der Waals surface area (Å²) in [5.74, 6) is -9.73. The van der Waals surface area contributed by atoms with E-state index in [4.69, 9.17) is 33.2 Å². The molecule has 0 radical (unpaired) electrons. The predicted octanol–water partition coefficient (Wildman–Crippen LogP) is 0.338. The fourth-order valence-corrected chi connectivity index (χ4v) is 8.89. The van der Waals surface area contributed by atoms with Crippen molar-refractivity contribution in [2.45, 2.75) is 107 Å². The number of nitrogens with zero attached hydrogens (tertiary/aromatic N) is 1. The second kappa shape index (κ2) is 14.6. The highest BCUT2D eigenvalue weighted by atomic mass is 16.7. The highest BCUT2D eigenvalue weighted by molar-refractivity contribution is 5.94. The molecule has 1 spiro atoms. The SMILES string of the molecule is CC(=O)OC[C@@]12[C@@H](OC(C)=O)C(=O)[C@@H]3[C@H](O)[C@@]14O[C@@]3(C)COC(=O)c1cccnc1CC[C@@](C)(O)C(=O)O[C@@H]([C@@H](OC(=O)c1ccccc1)[C@@H]2OC(C)=O)[C@@]4(C)O. The lowest BCUT2D eigenvalue weighted by molar-refractivity contribution is -0.376. The van der Waals surface area contributed by atoms with Crippen molar-refractivity contribution in [2.24, 2.45) is 11.3 Å². The van der Waals surface area contributed by atoms with Gasteiger partial charge in [0, 0.05) is 27.0 Å². The Bertz CT molecular complexity index is 2000. The van der Waals surface area contributed by atoms with Crippen molar-refractivity contribution in [1.29, 1.82) is 0 Å². The fraction of sp³-hybridized carbons (Fsp3) is 0.538. The molecule has 3 fully saturated rings. The molecule has 4 bridgehead atoms. The zero-order valence-electron chi connectivity index (χ0n) is 31.9. The van der Waals surface area contributed by atoms with Gasteiger partial charge in [0.25, 0.3) is 0 Å². The first-order valence-corrected chi connectivity index (χ1v) is 18.1. The van der Waals surface area contributed by atoms with Crippen molar-refractivity contribution in [1.82, 2.24) is 4.98 Å². The van der Waals surface area contributed by atoms with Gasteiger partial charge < -0.3 is 48.5 Å². The molecule has 6 rings (SSSR count). The Morgan fingerprint density at radius 2 is 1.56 bits per heavy atom. The van der Waals surface area contributed by atoms with E-state index in [2.05, 4.69) is 4.98 Å². The number of fused-ring (bicyclic) bond motifs is 5. The molecular formula is C39H43NO17. The first-order valence-electron chi connectivity index (χ1n) is 18.1. The van der Waals surface area contributed by atoms with Crippen LogP contribution in [-0.4, -0.2) is 128 Å². The third-order valence-electron chi connectivity index (χ3n) is 11.4. The highest BCUT2D eigenvalue weighted by Crippen LogP contribution is 2.68. The van der Waals surface area contributed by atoms with Crippen molar-refractivity contribution in [3.8, 4) is 0 Å². The number of carbonyl (C=O) groups is 7. The van der Waals surface area contributed by atoms with E-state index in [9.17, 15) is 48.9 Å². The van der Waals surface area contributed by atoms with Gasteiger partial charge in [-0.2, -0.15) is 0 Å². The minimum atomic E-state index is -2.94. The summed E-state index contributed by atoms with van der Waals surface area (Å²) in [7, 11) is 0. The van der Waals surface area contributed by atoms with Crippen molar-refractivity contribution in [3.05, 3.63) is 65.5 Å². The molecule has 2 aromatic rings. The molecule has 1 aromatic carbocycles. The number of aromatic nitrogens is 1. The average molecular weight is 798 g/mol. The Kier molecular flexibility index (Phi) is 10.6. The Morgan fingerprint density at radius 1 is 0.895 bits per heavy atom. The van der Waals surface area contributed by atoms with Crippen LogP contribution in [0.25, 0.3) is 0 Å². The summed E-state index contributed by atoms with van der Waals surface area (Å²) >= 11 is 0. The van der Waals surface area contributed by atoms with Crippen LogP contribution in [0, 0.1) is 11.3 Å². The van der Waals surface area contributed by atoms with E-state index in [0.717, 1.165) is 34.6 Å². The normalized spacial score (nSPS) is 37.3. The molecule has 57 heavy (non-hydrogen) atoms. The van der Waals surface area contributed by atoms with Crippen LogP contribution in [-0.2, 0) is 63.6 Å². The molecule has 2 aliphatic heterocycles. The van der Waals surface area contributed by atoms with E-state index in [1.54, 1.807) is 6.07 Å². The zero-order chi connectivity index (χ0) is 41.9. The maximum Gasteiger partial charge on any atom is 0.340 e. The van der Waals surface area contributed by atoms with E-state index < -0.39 is 125 Å². The van der Waals surface area contributed by atoms with Crippen molar-refractivity contribution < 1.29 is 82.0 Å². The number of aryl methyl sites for hydroxylation is 1. The number of aliphatic hydroxyl groups excluding tert-OH is 1. The molecule has 2 aliphatic carbocycles. The maximum atomic E-state index is 15.0. The van der Waals surface area contributed by atoms with Gasteiger partial charge in [0.1, 0.15) is 35.4 Å². The molecule has 0 unspecified atom stereocenters. The summed E-state index contributed by atoms with van der Waals surface area (Å²) in [6, 6.07) is 10.1. The highest BCUT2D eigenvalue weighted by Gasteiger charge is 2.90. The van der Waals surface area contributed by atoms with Crippen LogP contribution in [0.1, 0.15) is 74.4 Å². The lowest BCUT2D eigenvalue weighted by atomic mass is 9.45. The molecule has 2 saturated carbocycles. The van der Waals surface area contributed by atoms with Crippen LogP contribution in [0.3, 0.4) is 0 Å². The molecule has 0 amide bonds. The summed E-state index contributed by atoms with van der Waals surface area (Å²) in [5, 5.41) is 37.4. The minimum Gasteiger partial charge on any atom is -0.465 e. The van der Waals surface area contributed by atoms with Gasteiger partial charge >= 0.3 is 35.8 Å². The Hall–Kier alpha value is -5.30. The number of ketones is 1. The van der Waals surface area contributed by atoms with Crippen LogP contribution in [0.4, 0.5) is 0 Å². The van der Waals surface area contributed by atoms with Crippen LogP contribution >= 0.6 is 0 Å². The number of hydrogen-bond acceptors (Lipinski definition) is 18. The molecule has 306 valence electrons. The van der Waals surface area contributed by atoms with Gasteiger partial charge in [-0.05, 0) is 57.9 Å². The number of esters is 6. The summed E-state index contributed by atoms with van der Waals surface area (Å²) in [6.45, 7) is 4.22. The zero-order valence-corrected chi connectivity index (χ0v) is 31.9. The Morgan fingerprint density at radius 3 is 2.19 bits per heavy atom. The first kappa shape index (κ1) is 41.3. The number of benzene rings is 1. The second-order valence-corrected chi connectivity index (χ2v) is 15.4. The minimum absolute atomic E-state index is 0.0818. The maximum absolute atomic E-state index is 15.0. The molecule has 3 N–H and O–H groups in total. The summed E-state index contributed by atoms with van der Waals surface area (Å²) < 4.78 is 41.3. The van der Waals surface area contributed by atoms with E-state index in [0.29, 0.717) is 0 Å². The molecule has 18 heteroatoms. The Labute approximate surface area is 325 Å². The van der Waals surface area contributed by atoms with Crippen molar-refractivity contribution in [3.63, 3.8) is 0 Å². The third-order valence-corrected chi connectivity index (χ3v) is 11.4. The van der Waals surface area contributed by atoms with Gasteiger partial charge in [0.15, 0.2) is 35.8 Å². The summed E-state index contributed by atoms with van der Waals surface area (Å²) in [6.07, 6.45) is -10.4. The lowest BCUT2D eigenvalue weighted by Gasteiger charge is -2.66. The van der Waals surface area contributed by atoms with Gasteiger partial charge in [-0.3, -0.25) is 24.2 Å². The molecule has 1 aromatic heterocycles. The van der Waals surface area contributed by atoms with Gasteiger partial charge in [0.05, 0.1) is 28.8 Å². The number of hydrogen-bond donors (Lipinski definition) is 3. The van der Waals surface area contributed by atoms with Crippen LogP contribution in [0.2, 0.25) is 0 Å².